The Bertz CT molecular complexity index is 687. The molecule has 0 amide bonds. The molecule has 0 spiro atoms. The van der Waals surface area contributed by atoms with Crippen molar-refractivity contribution in [3.05, 3.63) is 71.8 Å². The number of carbonyl (C=O) groups is 1. The maximum atomic E-state index is 11.5. The van der Waals surface area contributed by atoms with Crippen molar-refractivity contribution in [1.29, 1.82) is 0 Å². The van der Waals surface area contributed by atoms with E-state index in [4.69, 9.17) is 4.74 Å². The van der Waals surface area contributed by atoms with E-state index in [9.17, 15) is 15.0 Å². The highest BCUT2D eigenvalue weighted by Crippen LogP contribution is 2.25. The number of carbonyl (C=O) groups excluding carboxylic acids is 1. The van der Waals surface area contributed by atoms with Gasteiger partial charge in [0.25, 0.3) is 0 Å². The van der Waals surface area contributed by atoms with Crippen molar-refractivity contribution in [1.82, 2.24) is 0 Å². The zero-order chi connectivity index (χ0) is 15.8. The third-order valence-electron chi connectivity index (χ3n) is 2.84. The minimum atomic E-state index is -0.481. The minimum absolute atomic E-state index is 0.179. The molecule has 0 radical (unpaired) electrons. The second-order valence-corrected chi connectivity index (χ2v) is 4.52. The Morgan fingerprint density at radius 2 is 1.73 bits per heavy atom. The topological polar surface area (TPSA) is 66.8 Å². The summed E-state index contributed by atoms with van der Waals surface area (Å²) in [5.74, 6) is -0.919. The second-order valence-electron chi connectivity index (χ2n) is 4.52. The van der Waals surface area contributed by atoms with E-state index < -0.39 is 5.97 Å². The molecule has 0 saturated heterocycles. The van der Waals surface area contributed by atoms with Crippen molar-refractivity contribution in [2.24, 2.45) is 0 Å². The maximum Gasteiger partial charge on any atom is 0.331 e. The number of ether oxygens (including phenoxy) is 1. The van der Waals surface area contributed by atoms with Gasteiger partial charge >= 0.3 is 5.97 Å². The van der Waals surface area contributed by atoms with Gasteiger partial charge in [-0.2, -0.15) is 0 Å². The zero-order valence-corrected chi connectivity index (χ0v) is 11.8. The van der Waals surface area contributed by atoms with E-state index in [2.05, 4.69) is 0 Å². The largest absolute Gasteiger partial charge is 0.504 e. The molecule has 2 N–H and O–H groups in total. The molecule has 2 rings (SSSR count). The fourth-order valence-corrected chi connectivity index (χ4v) is 1.74. The summed E-state index contributed by atoms with van der Waals surface area (Å²) in [7, 11) is 0. The van der Waals surface area contributed by atoms with Crippen LogP contribution < -0.4 is 0 Å². The fraction of sp³-hybridized carbons (Fsp3) is 0.0556. The molecule has 0 atom stereocenters. The lowest BCUT2D eigenvalue weighted by atomic mass is 10.2. The van der Waals surface area contributed by atoms with Gasteiger partial charge < -0.3 is 14.9 Å². The molecule has 4 nitrogen and oxygen atoms in total. The SMILES string of the molecule is O=C(/C=C/c1ccc(O)c(O)c1)OC/C=C\c1ccccc1. The lowest BCUT2D eigenvalue weighted by molar-refractivity contribution is -0.136. The van der Waals surface area contributed by atoms with Crippen LogP contribution >= 0.6 is 0 Å². The second kappa shape index (κ2) is 7.69. The van der Waals surface area contributed by atoms with E-state index in [1.165, 1.54) is 24.3 Å². The van der Waals surface area contributed by atoms with Gasteiger partial charge in [-0.25, -0.2) is 4.79 Å². The standard InChI is InChI=1S/C18H16O4/c19-16-10-8-15(13-17(16)20)9-11-18(21)22-12-4-7-14-5-2-1-3-6-14/h1-11,13,19-20H,12H2/b7-4-,11-9+. The van der Waals surface area contributed by atoms with Crippen LogP contribution in [0.2, 0.25) is 0 Å². The van der Waals surface area contributed by atoms with Gasteiger partial charge in [-0.15, -0.1) is 0 Å². The molecule has 22 heavy (non-hydrogen) atoms. The predicted molar refractivity (Wildman–Crippen MR) is 85.2 cm³/mol. The number of phenolic OH excluding ortho intramolecular Hbond substituents is 2. The Morgan fingerprint density at radius 1 is 0.955 bits per heavy atom. The van der Waals surface area contributed by atoms with E-state index in [0.717, 1.165) is 5.56 Å². The molecule has 112 valence electrons. The van der Waals surface area contributed by atoms with Gasteiger partial charge in [-0.1, -0.05) is 42.5 Å². The van der Waals surface area contributed by atoms with Crippen molar-refractivity contribution in [3.8, 4) is 11.5 Å². The van der Waals surface area contributed by atoms with Crippen molar-refractivity contribution in [2.75, 3.05) is 6.61 Å². The molecule has 2 aromatic rings. The summed E-state index contributed by atoms with van der Waals surface area (Å²) in [6, 6.07) is 14.0. The van der Waals surface area contributed by atoms with Gasteiger partial charge in [0.2, 0.25) is 0 Å². The Kier molecular flexibility index (Phi) is 5.37. The molecule has 0 bridgehead atoms. The lowest BCUT2D eigenvalue weighted by Gasteiger charge is -1.99. The van der Waals surface area contributed by atoms with E-state index in [-0.39, 0.29) is 18.1 Å². The summed E-state index contributed by atoms with van der Waals surface area (Å²) in [5, 5.41) is 18.5. The van der Waals surface area contributed by atoms with E-state index in [0.29, 0.717) is 5.56 Å². The van der Waals surface area contributed by atoms with Gasteiger partial charge in [0, 0.05) is 6.08 Å². The first kappa shape index (κ1) is 15.4. The number of hydrogen-bond acceptors (Lipinski definition) is 4. The van der Waals surface area contributed by atoms with Crippen LogP contribution in [0.4, 0.5) is 0 Å². The fourth-order valence-electron chi connectivity index (χ4n) is 1.74. The molecular weight excluding hydrogens is 280 g/mol. The van der Waals surface area contributed by atoms with Crippen molar-refractivity contribution in [3.63, 3.8) is 0 Å². The summed E-state index contributed by atoms with van der Waals surface area (Å²) in [4.78, 5) is 11.5. The van der Waals surface area contributed by atoms with Crippen LogP contribution in [-0.4, -0.2) is 22.8 Å². The molecule has 0 aliphatic rings. The molecule has 0 unspecified atom stereocenters. The van der Waals surface area contributed by atoms with Crippen LogP contribution in [-0.2, 0) is 9.53 Å². The summed E-state index contributed by atoms with van der Waals surface area (Å²) < 4.78 is 5.02. The van der Waals surface area contributed by atoms with Gasteiger partial charge in [0.1, 0.15) is 6.61 Å². The molecule has 0 saturated carbocycles. The minimum Gasteiger partial charge on any atom is -0.504 e. The Morgan fingerprint density at radius 3 is 2.45 bits per heavy atom. The lowest BCUT2D eigenvalue weighted by Crippen LogP contribution is -1.99. The third-order valence-corrected chi connectivity index (χ3v) is 2.84. The summed E-state index contributed by atoms with van der Waals surface area (Å²) in [6.45, 7) is 0.179. The van der Waals surface area contributed by atoms with Gasteiger partial charge in [-0.3, -0.25) is 0 Å². The molecule has 0 aliphatic carbocycles. The molecule has 2 aromatic carbocycles. The summed E-state index contributed by atoms with van der Waals surface area (Å²) in [5.41, 5.74) is 1.63. The van der Waals surface area contributed by atoms with Gasteiger partial charge in [0.05, 0.1) is 0 Å². The number of rotatable bonds is 5. The average molecular weight is 296 g/mol. The first-order valence-electron chi connectivity index (χ1n) is 6.73. The molecule has 0 aliphatic heterocycles. The number of aromatic hydroxyl groups is 2. The average Bonchev–Trinajstić information content (AvgIpc) is 2.54. The van der Waals surface area contributed by atoms with Crippen LogP contribution in [0, 0.1) is 0 Å². The Hall–Kier alpha value is -3.01. The molecule has 0 fully saturated rings. The van der Waals surface area contributed by atoms with E-state index in [1.54, 1.807) is 12.1 Å². The highest BCUT2D eigenvalue weighted by atomic mass is 16.5. The molecule has 0 aromatic heterocycles. The van der Waals surface area contributed by atoms with Crippen LogP contribution in [0.3, 0.4) is 0 Å². The summed E-state index contributed by atoms with van der Waals surface area (Å²) in [6.07, 6.45) is 6.40. The number of esters is 1. The van der Waals surface area contributed by atoms with E-state index in [1.807, 2.05) is 36.4 Å². The normalized spacial score (nSPS) is 11.1. The van der Waals surface area contributed by atoms with Crippen LogP contribution in [0.1, 0.15) is 11.1 Å². The van der Waals surface area contributed by atoms with Gasteiger partial charge in [0.15, 0.2) is 11.5 Å². The van der Waals surface area contributed by atoms with Crippen molar-refractivity contribution in [2.45, 2.75) is 0 Å². The van der Waals surface area contributed by atoms with Crippen LogP contribution in [0.15, 0.2) is 60.7 Å². The van der Waals surface area contributed by atoms with Crippen molar-refractivity contribution >= 4 is 18.1 Å². The van der Waals surface area contributed by atoms with Gasteiger partial charge in [-0.05, 0) is 35.4 Å². The van der Waals surface area contributed by atoms with Crippen molar-refractivity contribution < 1.29 is 19.7 Å². The number of hydrogen-bond donors (Lipinski definition) is 2. The highest BCUT2D eigenvalue weighted by molar-refractivity contribution is 5.87. The predicted octanol–water partition coefficient (Wildman–Crippen LogP) is 3.37. The number of phenols is 2. The Balaban J connectivity index is 1.81. The number of benzene rings is 2. The Labute approximate surface area is 128 Å². The van der Waals surface area contributed by atoms with Crippen LogP contribution in [0.5, 0.6) is 11.5 Å². The molecule has 0 heterocycles. The zero-order valence-electron chi connectivity index (χ0n) is 11.8. The maximum absolute atomic E-state index is 11.5. The highest BCUT2D eigenvalue weighted by Gasteiger charge is 1.99. The quantitative estimate of drug-likeness (QED) is 0.504. The first-order valence-corrected chi connectivity index (χ1v) is 6.73. The first-order chi connectivity index (χ1) is 10.6. The van der Waals surface area contributed by atoms with E-state index >= 15 is 0 Å². The molecular formula is C18H16O4. The smallest absolute Gasteiger partial charge is 0.331 e. The third kappa shape index (κ3) is 4.83. The monoisotopic (exact) mass is 296 g/mol. The summed E-state index contributed by atoms with van der Waals surface area (Å²) >= 11 is 0. The van der Waals surface area contributed by atoms with Crippen LogP contribution in [0.25, 0.3) is 12.2 Å². The molecule has 4 heteroatoms.